The Bertz CT molecular complexity index is 1090. The van der Waals surface area contributed by atoms with Crippen LogP contribution in [0.1, 0.15) is 21.5 Å². The van der Waals surface area contributed by atoms with Crippen molar-refractivity contribution in [2.75, 3.05) is 7.11 Å². The molecule has 0 saturated heterocycles. The number of benzene rings is 2. The van der Waals surface area contributed by atoms with Crippen molar-refractivity contribution in [1.29, 1.82) is 0 Å². The predicted molar refractivity (Wildman–Crippen MR) is 99.7 cm³/mol. The Kier molecular flexibility index (Phi) is 5.17. The van der Waals surface area contributed by atoms with Crippen LogP contribution in [0, 0.1) is 6.92 Å². The lowest BCUT2D eigenvalue weighted by Gasteiger charge is -2.04. The molecule has 0 aliphatic heterocycles. The van der Waals surface area contributed by atoms with Crippen molar-refractivity contribution in [3.05, 3.63) is 81.7 Å². The summed E-state index contributed by atoms with van der Waals surface area (Å²) in [5.41, 5.74) is 1.82. The van der Waals surface area contributed by atoms with E-state index >= 15 is 0 Å². The van der Waals surface area contributed by atoms with Crippen molar-refractivity contribution in [2.45, 2.75) is 6.92 Å². The number of hydrogen-bond donors (Lipinski definition) is 0. The Balaban J connectivity index is 1.72. The maximum absolute atomic E-state index is 12.0. The molecule has 0 bridgehead atoms. The van der Waals surface area contributed by atoms with Gasteiger partial charge in [-0.2, -0.15) is 0 Å². The molecule has 2 aromatic carbocycles. The number of hydrogen-bond acceptors (Lipinski definition) is 6. The standard InChI is InChI=1S/C21H16O6/c1-13-11-20(23)27-18-12-16(8-9-17(13)18)26-19(22)10-5-14-3-6-15(7-4-14)21(24)25-2/h3-12H,1-2H3/b10-5+. The summed E-state index contributed by atoms with van der Waals surface area (Å²) in [7, 11) is 1.31. The lowest BCUT2D eigenvalue weighted by molar-refractivity contribution is -0.128. The molecule has 0 saturated carbocycles. The van der Waals surface area contributed by atoms with Crippen molar-refractivity contribution in [3.63, 3.8) is 0 Å². The summed E-state index contributed by atoms with van der Waals surface area (Å²) in [5.74, 6) is -0.739. The molecule has 1 heterocycles. The zero-order valence-electron chi connectivity index (χ0n) is 14.7. The van der Waals surface area contributed by atoms with E-state index in [0.717, 1.165) is 16.5 Å². The second-order valence-electron chi connectivity index (χ2n) is 5.77. The Morgan fingerprint density at radius 1 is 1.04 bits per heavy atom. The van der Waals surface area contributed by atoms with E-state index in [0.29, 0.717) is 11.1 Å². The van der Waals surface area contributed by atoms with Crippen LogP contribution in [0.5, 0.6) is 5.75 Å². The van der Waals surface area contributed by atoms with E-state index in [-0.39, 0.29) is 5.75 Å². The molecule has 0 unspecified atom stereocenters. The SMILES string of the molecule is COC(=O)c1ccc(/C=C/C(=O)Oc2ccc3c(C)cc(=O)oc3c2)cc1. The number of rotatable bonds is 4. The van der Waals surface area contributed by atoms with E-state index in [2.05, 4.69) is 4.74 Å². The van der Waals surface area contributed by atoms with Crippen LogP contribution in [0.2, 0.25) is 0 Å². The van der Waals surface area contributed by atoms with Crippen molar-refractivity contribution in [3.8, 4) is 5.75 Å². The van der Waals surface area contributed by atoms with E-state index in [1.807, 2.05) is 0 Å². The van der Waals surface area contributed by atoms with E-state index in [9.17, 15) is 14.4 Å². The molecular weight excluding hydrogens is 348 g/mol. The normalized spacial score (nSPS) is 10.9. The highest BCUT2D eigenvalue weighted by molar-refractivity contribution is 5.91. The van der Waals surface area contributed by atoms with Crippen LogP contribution >= 0.6 is 0 Å². The van der Waals surface area contributed by atoms with Crippen LogP contribution in [-0.4, -0.2) is 19.0 Å². The maximum atomic E-state index is 12.0. The van der Waals surface area contributed by atoms with Crippen LogP contribution in [0.3, 0.4) is 0 Å². The molecular formula is C21H16O6. The number of carbonyl (C=O) groups excluding carboxylic acids is 2. The summed E-state index contributed by atoms with van der Waals surface area (Å²) in [4.78, 5) is 34.9. The molecule has 0 fully saturated rings. The molecule has 3 aromatic rings. The molecule has 0 amide bonds. The fraction of sp³-hybridized carbons (Fsp3) is 0.0952. The van der Waals surface area contributed by atoms with Crippen molar-refractivity contribution < 1.29 is 23.5 Å². The van der Waals surface area contributed by atoms with Gasteiger partial charge in [-0.05, 0) is 48.4 Å². The molecule has 0 aliphatic carbocycles. The molecule has 6 nitrogen and oxygen atoms in total. The smallest absolute Gasteiger partial charge is 0.337 e. The van der Waals surface area contributed by atoms with Gasteiger partial charge in [0.05, 0.1) is 12.7 Å². The van der Waals surface area contributed by atoms with Crippen molar-refractivity contribution in [1.82, 2.24) is 0 Å². The largest absolute Gasteiger partial charge is 0.465 e. The second-order valence-corrected chi connectivity index (χ2v) is 5.77. The molecule has 0 radical (unpaired) electrons. The van der Waals surface area contributed by atoms with Crippen LogP contribution in [-0.2, 0) is 9.53 Å². The van der Waals surface area contributed by atoms with E-state index in [4.69, 9.17) is 9.15 Å². The minimum absolute atomic E-state index is 0.270. The summed E-state index contributed by atoms with van der Waals surface area (Å²) in [6.45, 7) is 1.80. The maximum Gasteiger partial charge on any atom is 0.337 e. The van der Waals surface area contributed by atoms with Gasteiger partial charge in [-0.3, -0.25) is 0 Å². The van der Waals surface area contributed by atoms with E-state index in [1.54, 1.807) is 49.4 Å². The average Bonchev–Trinajstić information content (AvgIpc) is 2.65. The number of methoxy groups -OCH3 is 1. The Hall–Kier alpha value is -3.67. The van der Waals surface area contributed by atoms with Gasteiger partial charge in [-0.25, -0.2) is 14.4 Å². The third kappa shape index (κ3) is 4.30. The van der Waals surface area contributed by atoms with Gasteiger partial charge in [0.2, 0.25) is 0 Å². The fourth-order valence-corrected chi connectivity index (χ4v) is 2.53. The Morgan fingerprint density at radius 3 is 2.48 bits per heavy atom. The zero-order valence-corrected chi connectivity index (χ0v) is 14.7. The minimum atomic E-state index is -0.582. The minimum Gasteiger partial charge on any atom is -0.465 e. The van der Waals surface area contributed by atoms with Gasteiger partial charge in [0.25, 0.3) is 0 Å². The molecule has 3 rings (SSSR count). The van der Waals surface area contributed by atoms with Gasteiger partial charge in [-0.1, -0.05) is 12.1 Å². The number of ether oxygens (including phenoxy) is 2. The third-order valence-corrected chi connectivity index (χ3v) is 3.88. The molecule has 27 heavy (non-hydrogen) atoms. The molecule has 0 spiro atoms. The molecule has 0 atom stereocenters. The van der Waals surface area contributed by atoms with Crippen molar-refractivity contribution in [2.24, 2.45) is 0 Å². The van der Waals surface area contributed by atoms with Crippen molar-refractivity contribution >= 4 is 29.0 Å². The van der Waals surface area contributed by atoms with Crippen LogP contribution < -0.4 is 10.4 Å². The molecule has 136 valence electrons. The number of aryl methyl sites for hydroxylation is 1. The van der Waals surface area contributed by atoms with Crippen LogP contribution in [0.25, 0.3) is 17.0 Å². The van der Waals surface area contributed by atoms with Gasteiger partial charge >= 0.3 is 17.6 Å². The monoisotopic (exact) mass is 364 g/mol. The summed E-state index contributed by atoms with van der Waals surface area (Å²) in [6, 6.07) is 12.8. The Labute approximate surface area is 154 Å². The highest BCUT2D eigenvalue weighted by Gasteiger charge is 2.07. The van der Waals surface area contributed by atoms with Crippen LogP contribution in [0.15, 0.2) is 63.8 Å². The molecule has 6 heteroatoms. The lowest BCUT2D eigenvalue weighted by Crippen LogP contribution is -2.04. The number of fused-ring (bicyclic) bond motifs is 1. The topological polar surface area (TPSA) is 82.8 Å². The number of esters is 2. The summed E-state index contributed by atoms with van der Waals surface area (Å²) in [6.07, 6.45) is 2.83. The summed E-state index contributed by atoms with van der Waals surface area (Å²) < 4.78 is 15.0. The Morgan fingerprint density at radius 2 is 1.78 bits per heavy atom. The highest BCUT2D eigenvalue weighted by Crippen LogP contribution is 2.22. The summed E-state index contributed by atoms with van der Waals surface area (Å²) in [5, 5.41) is 0.774. The average molecular weight is 364 g/mol. The quantitative estimate of drug-likeness (QED) is 0.305. The third-order valence-electron chi connectivity index (χ3n) is 3.88. The van der Waals surface area contributed by atoms with Crippen LogP contribution in [0.4, 0.5) is 0 Å². The molecule has 0 aliphatic rings. The highest BCUT2D eigenvalue weighted by atomic mass is 16.5. The summed E-state index contributed by atoms with van der Waals surface area (Å²) >= 11 is 0. The first-order valence-corrected chi connectivity index (χ1v) is 8.09. The first-order valence-electron chi connectivity index (χ1n) is 8.09. The number of carbonyl (C=O) groups is 2. The van der Waals surface area contributed by atoms with Gasteiger partial charge in [0.15, 0.2) is 0 Å². The first kappa shape index (κ1) is 18.1. The van der Waals surface area contributed by atoms with Gasteiger partial charge in [-0.15, -0.1) is 0 Å². The fourth-order valence-electron chi connectivity index (χ4n) is 2.53. The van der Waals surface area contributed by atoms with Gasteiger partial charge < -0.3 is 13.9 Å². The second kappa shape index (κ2) is 7.70. The zero-order chi connectivity index (χ0) is 19.4. The van der Waals surface area contributed by atoms with E-state index in [1.165, 1.54) is 25.3 Å². The van der Waals surface area contributed by atoms with Gasteiger partial charge in [0, 0.05) is 23.6 Å². The van der Waals surface area contributed by atoms with E-state index < -0.39 is 17.6 Å². The molecule has 1 aromatic heterocycles. The molecule has 0 N–H and O–H groups in total. The van der Waals surface area contributed by atoms with Gasteiger partial charge in [0.1, 0.15) is 11.3 Å². The first-order chi connectivity index (χ1) is 13.0. The lowest BCUT2D eigenvalue weighted by atomic mass is 10.1. The predicted octanol–water partition coefficient (Wildman–Crippen LogP) is 3.51.